The third kappa shape index (κ3) is 4.84. The van der Waals surface area contributed by atoms with Crippen LogP contribution in [0.25, 0.3) is 0 Å². The number of nitrogens with one attached hydrogen (secondary N) is 1. The summed E-state index contributed by atoms with van der Waals surface area (Å²) < 4.78 is 48.0. The van der Waals surface area contributed by atoms with Crippen molar-refractivity contribution in [3.05, 3.63) is 28.8 Å². The van der Waals surface area contributed by atoms with Crippen molar-refractivity contribution in [1.82, 2.24) is 5.32 Å². The van der Waals surface area contributed by atoms with Gasteiger partial charge in [-0.15, -0.1) is 0 Å². The number of amides is 1. The van der Waals surface area contributed by atoms with Crippen LogP contribution < -0.4 is 9.62 Å². The monoisotopic (exact) mass is 394 g/mol. The summed E-state index contributed by atoms with van der Waals surface area (Å²) in [5, 5.41) is 3.05. The lowest BCUT2D eigenvalue weighted by Gasteiger charge is -2.24. The van der Waals surface area contributed by atoms with Gasteiger partial charge in [-0.1, -0.05) is 11.6 Å². The van der Waals surface area contributed by atoms with Gasteiger partial charge >= 0.3 is 0 Å². The van der Waals surface area contributed by atoms with Crippen molar-refractivity contribution in [2.45, 2.75) is 19.4 Å². The highest BCUT2D eigenvalue weighted by Gasteiger charge is 2.30. The molecule has 1 unspecified atom stereocenters. The van der Waals surface area contributed by atoms with Crippen LogP contribution in [0.2, 0.25) is 5.02 Å². The fraction of sp³-hybridized carbons (Fsp3) is 0.500. The molecule has 2 rings (SSSR count). The maximum absolute atomic E-state index is 12.2. The molecule has 0 radical (unpaired) electrons. The smallest absolute Gasteiger partial charge is 0.241 e. The Bertz CT molecular complexity index is 852. The van der Waals surface area contributed by atoms with E-state index in [-0.39, 0.29) is 11.5 Å². The van der Waals surface area contributed by atoms with Crippen LogP contribution in [0.3, 0.4) is 0 Å². The number of sulfone groups is 1. The summed E-state index contributed by atoms with van der Waals surface area (Å²) >= 11 is 5.88. The highest BCUT2D eigenvalue weighted by atomic mass is 35.5. The molecule has 10 heteroatoms. The van der Waals surface area contributed by atoms with Crippen molar-refractivity contribution in [2.24, 2.45) is 0 Å². The number of carbonyl (C=O) groups is 1. The van der Waals surface area contributed by atoms with Crippen molar-refractivity contribution in [2.75, 3.05) is 28.6 Å². The second-order valence-corrected chi connectivity index (χ2v) is 10.4. The standard InChI is InChI=1S/C14H19ClN2O5S2/c1-10-7-11(15)3-4-13(10)17(23(2,19)20)8-14(18)16-12-5-6-24(21,22)9-12/h3-4,7,12H,5-6,8-9H2,1-2H3,(H,16,18). The molecule has 24 heavy (non-hydrogen) atoms. The molecule has 7 nitrogen and oxygen atoms in total. The third-order valence-electron chi connectivity index (χ3n) is 3.71. The van der Waals surface area contributed by atoms with Gasteiger partial charge in [-0.05, 0) is 37.1 Å². The van der Waals surface area contributed by atoms with Gasteiger partial charge < -0.3 is 5.32 Å². The first-order valence-corrected chi connectivity index (χ1v) is 11.3. The number of aryl methyl sites for hydroxylation is 1. The van der Waals surface area contributed by atoms with Crippen molar-refractivity contribution in [1.29, 1.82) is 0 Å². The van der Waals surface area contributed by atoms with E-state index >= 15 is 0 Å². The van der Waals surface area contributed by atoms with Gasteiger partial charge in [0.2, 0.25) is 15.9 Å². The number of hydrogen-bond acceptors (Lipinski definition) is 5. The minimum absolute atomic E-state index is 0.0318. The van der Waals surface area contributed by atoms with Gasteiger partial charge in [0.05, 0.1) is 23.4 Å². The van der Waals surface area contributed by atoms with Crippen LogP contribution in [-0.4, -0.2) is 53.1 Å². The van der Waals surface area contributed by atoms with Crippen LogP contribution in [0.15, 0.2) is 18.2 Å². The SMILES string of the molecule is Cc1cc(Cl)ccc1N(CC(=O)NC1CCS(=O)(=O)C1)S(C)(=O)=O. The number of carbonyl (C=O) groups excluding carboxylic acids is 1. The summed E-state index contributed by atoms with van der Waals surface area (Å²) in [5.74, 6) is -0.626. The van der Waals surface area contributed by atoms with Crippen LogP contribution in [-0.2, 0) is 24.7 Å². The average molecular weight is 395 g/mol. The molecule has 1 aliphatic heterocycles. The minimum atomic E-state index is -3.69. The Hall–Kier alpha value is -1.32. The first-order valence-electron chi connectivity index (χ1n) is 7.21. The zero-order valence-corrected chi connectivity index (χ0v) is 15.7. The number of benzene rings is 1. The molecule has 1 aromatic rings. The molecule has 0 aliphatic carbocycles. The number of halogens is 1. The van der Waals surface area contributed by atoms with Gasteiger partial charge in [-0.25, -0.2) is 16.8 Å². The van der Waals surface area contributed by atoms with Crippen molar-refractivity contribution >= 4 is 43.1 Å². The molecule has 1 heterocycles. The Morgan fingerprint density at radius 2 is 2.08 bits per heavy atom. The van der Waals surface area contributed by atoms with Crippen molar-refractivity contribution in [3.63, 3.8) is 0 Å². The summed E-state index contributed by atoms with van der Waals surface area (Å²) in [4.78, 5) is 12.2. The Morgan fingerprint density at radius 3 is 2.58 bits per heavy atom. The van der Waals surface area contributed by atoms with E-state index in [1.165, 1.54) is 6.07 Å². The second-order valence-electron chi connectivity index (χ2n) is 5.87. The first-order chi connectivity index (χ1) is 11.0. The fourth-order valence-electron chi connectivity index (χ4n) is 2.59. The van der Waals surface area contributed by atoms with E-state index in [1.54, 1.807) is 19.1 Å². The summed E-state index contributed by atoms with van der Waals surface area (Å²) in [6, 6.07) is 4.21. The zero-order valence-electron chi connectivity index (χ0n) is 13.3. The molecule has 1 fully saturated rings. The number of hydrogen-bond donors (Lipinski definition) is 1. The summed E-state index contributed by atoms with van der Waals surface area (Å²) in [6.07, 6.45) is 1.35. The number of rotatable bonds is 5. The zero-order chi connectivity index (χ0) is 18.1. The van der Waals surface area contributed by atoms with E-state index in [0.29, 0.717) is 22.7 Å². The molecular formula is C14H19ClN2O5S2. The molecule has 1 aliphatic rings. The van der Waals surface area contributed by atoms with Gasteiger partial charge in [0, 0.05) is 11.1 Å². The molecule has 0 bridgehead atoms. The van der Waals surface area contributed by atoms with E-state index in [0.717, 1.165) is 10.6 Å². The number of sulfonamides is 1. The molecule has 0 saturated carbocycles. The minimum Gasteiger partial charge on any atom is -0.351 e. The van der Waals surface area contributed by atoms with Gasteiger partial charge in [0.1, 0.15) is 6.54 Å². The number of nitrogens with zero attached hydrogens (tertiary/aromatic N) is 1. The number of anilines is 1. The lowest BCUT2D eigenvalue weighted by molar-refractivity contribution is -0.120. The predicted octanol–water partition coefficient (Wildman–Crippen LogP) is 0.718. The van der Waals surface area contributed by atoms with Gasteiger partial charge in [-0.2, -0.15) is 0 Å². The van der Waals surface area contributed by atoms with Gasteiger partial charge in [-0.3, -0.25) is 9.10 Å². The molecule has 0 aromatic heterocycles. The highest BCUT2D eigenvalue weighted by molar-refractivity contribution is 7.92. The molecule has 134 valence electrons. The van der Waals surface area contributed by atoms with Crippen LogP contribution in [0.4, 0.5) is 5.69 Å². The Kier molecular flexibility index (Phi) is 5.46. The third-order valence-corrected chi connectivity index (χ3v) is 6.84. The van der Waals surface area contributed by atoms with E-state index in [4.69, 9.17) is 11.6 Å². The van der Waals surface area contributed by atoms with E-state index in [9.17, 15) is 21.6 Å². The Morgan fingerprint density at radius 1 is 1.42 bits per heavy atom. The topological polar surface area (TPSA) is 101 Å². The highest BCUT2D eigenvalue weighted by Crippen LogP contribution is 2.25. The van der Waals surface area contributed by atoms with Gasteiger partial charge in [0.25, 0.3) is 0 Å². The van der Waals surface area contributed by atoms with E-state index in [2.05, 4.69) is 5.32 Å². The van der Waals surface area contributed by atoms with E-state index in [1.807, 2.05) is 0 Å². The maximum atomic E-state index is 12.2. The molecule has 1 atom stereocenters. The van der Waals surface area contributed by atoms with Gasteiger partial charge in [0.15, 0.2) is 9.84 Å². The first kappa shape index (κ1) is 19.0. The molecule has 0 spiro atoms. The predicted molar refractivity (Wildman–Crippen MR) is 93.6 cm³/mol. The molecule has 1 aromatic carbocycles. The van der Waals surface area contributed by atoms with Crippen molar-refractivity contribution in [3.8, 4) is 0 Å². The lowest BCUT2D eigenvalue weighted by Crippen LogP contribution is -2.44. The van der Waals surface area contributed by atoms with Crippen LogP contribution in [0.5, 0.6) is 0 Å². The summed E-state index contributed by atoms with van der Waals surface area (Å²) in [7, 11) is -6.82. The normalized spacial score (nSPS) is 19.9. The van der Waals surface area contributed by atoms with Crippen LogP contribution in [0.1, 0.15) is 12.0 Å². The van der Waals surface area contributed by atoms with Crippen LogP contribution >= 0.6 is 11.6 Å². The molecule has 1 amide bonds. The average Bonchev–Trinajstić information content (AvgIpc) is 2.74. The largest absolute Gasteiger partial charge is 0.351 e. The lowest BCUT2D eigenvalue weighted by atomic mass is 10.2. The van der Waals surface area contributed by atoms with Crippen LogP contribution in [0, 0.1) is 6.92 Å². The van der Waals surface area contributed by atoms with E-state index < -0.39 is 38.4 Å². The second kappa shape index (κ2) is 6.89. The summed E-state index contributed by atoms with van der Waals surface area (Å²) in [5.41, 5.74) is 0.972. The Labute approximate surface area is 147 Å². The molecule has 1 saturated heterocycles. The fourth-order valence-corrected chi connectivity index (χ4v) is 5.41. The summed E-state index contributed by atoms with van der Waals surface area (Å²) in [6.45, 7) is 1.28. The Balaban J connectivity index is 2.17. The van der Waals surface area contributed by atoms with Crippen molar-refractivity contribution < 1.29 is 21.6 Å². The molecular weight excluding hydrogens is 376 g/mol. The maximum Gasteiger partial charge on any atom is 0.241 e. The molecule has 1 N–H and O–H groups in total. The quantitative estimate of drug-likeness (QED) is 0.792.